The summed E-state index contributed by atoms with van der Waals surface area (Å²) in [6.45, 7) is 2.16. The van der Waals surface area contributed by atoms with Gasteiger partial charge >= 0.3 is 0 Å². The monoisotopic (exact) mass is 239 g/mol. The smallest absolute Gasteiger partial charge is 0.0605 e. The molecule has 1 aromatic carbocycles. The van der Waals surface area contributed by atoms with E-state index in [-0.39, 0.29) is 0 Å². The molecule has 0 aliphatic carbocycles. The molecule has 1 fully saturated rings. The highest BCUT2D eigenvalue weighted by Crippen LogP contribution is 2.21. The molecule has 88 valence electrons. The molecule has 2 rings (SSSR count). The fourth-order valence-electron chi connectivity index (χ4n) is 2.15. The van der Waals surface area contributed by atoms with Crippen LogP contribution in [0.3, 0.4) is 0 Å². The van der Waals surface area contributed by atoms with E-state index in [9.17, 15) is 0 Å². The number of rotatable bonds is 3. The van der Waals surface area contributed by atoms with Gasteiger partial charge in [-0.2, -0.15) is 0 Å². The van der Waals surface area contributed by atoms with Crippen molar-refractivity contribution in [3.8, 4) is 0 Å². The van der Waals surface area contributed by atoms with Crippen LogP contribution in [0.15, 0.2) is 24.3 Å². The molecular weight excluding hydrogens is 222 g/mol. The van der Waals surface area contributed by atoms with Crippen LogP contribution in [0, 0.1) is 0 Å². The predicted molar refractivity (Wildman–Crippen MR) is 68.2 cm³/mol. The first-order chi connectivity index (χ1) is 7.83. The molecule has 1 heterocycles. The van der Waals surface area contributed by atoms with E-state index in [1.165, 1.54) is 11.3 Å². The van der Waals surface area contributed by atoms with Crippen molar-refractivity contribution in [1.82, 2.24) is 0 Å². The average molecular weight is 240 g/mol. The van der Waals surface area contributed by atoms with Crippen LogP contribution in [0.25, 0.3) is 0 Å². The highest BCUT2D eigenvalue weighted by Gasteiger charge is 2.18. The third-order valence-electron chi connectivity index (χ3n) is 3.23. The minimum absolute atomic E-state index is 0.443. The molecular formula is C13H18ClNO. The van der Waals surface area contributed by atoms with Crippen molar-refractivity contribution in [2.45, 2.75) is 24.8 Å². The van der Waals surface area contributed by atoms with Gasteiger partial charge in [0.25, 0.3) is 0 Å². The van der Waals surface area contributed by atoms with Crippen LogP contribution in [0.2, 0.25) is 0 Å². The second-order valence-electron chi connectivity index (χ2n) is 4.22. The second kappa shape index (κ2) is 5.55. The zero-order valence-corrected chi connectivity index (χ0v) is 10.4. The molecule has 0 unspecified atom stereocenters. The largest absolute Gasteiger partial charge is 0.381 e. The molecule has 3 heteroatoms. The number of anilines is 1. The van der Waals surface area contributed by atoms with Crippen LogP contribution in [-0.4, -0.2) is 26.3 Å². The Balaban J connectivity index is 1.97. The first kappa shape index (κ1) is 11.7. The molecule has 0 atom stereocenters. The van der Waals surface area contributed by atoms with Crippen LogP contribution in [0.1, 0.15) is 18.4 Å². The van der Waals surface area contributed by atoms with Crippen LogP contribution < -0.4 is 4.90 Å². The van der Waals surface area contributed by atoms with Gasteiger partial charge in [0.2, 0.25) is 0 Å². The number of alkyl halides is 1. The zero-order valence-electron chi connectivity index (χ0n) is 9.66. The molecule has 1 aliphatic rings. The van der Waals surface area contributed by atoms with Gasteiger partial charge in [-0.3, -0.25) is 0 Å². The van der Waals surface area contributed by atoms with E-state index in [0.717, 1.165) is 25.9 Å². The molecule has 1 aliphatic heterocycles. The summed E-state index contributed by atoms with van der Waals surface area (Å²) in [6.07, 6.45) is 2.68. The Kier molecular flexibility index (Phi) is 4.08. The van der Waals surface area contributed by atoms with Crippen LogP contribution >= 0.6 is 11.6 Å². The molecule has 0 N–H and O–H groups in total. The Labute approximate surface area is 102 Å². The van der Waals surface area contributed by atoms with Gasteiger partial charge in [0.05, 0.1) is 6.10 Å². The normalized spacial score (nSPS) is 17.8. The van der Waals surface area contributed by atoms with Gasteiger partial charge in [-0.05, 0) is 30.5 Å². The minimum Gasteiger partial charge on any atom is -0.381 e. The quantitative estimate of drug-likeness (QED) is 0.752. The molecule has 0 aromatic heterocycles. The van der Waals surface area contributed by atoms with E-state index >= 15 is 0 Å². The van der Waals surface area contributed by atoms with E-state index in [0.29, 0.717) is 12.0 Å². The summed E-state index contributed by atoms with van der Waals surface area (Å²) < 4.78 is 5.37. The summed E-state index contributed by atoms with van der Waals surface area (Å²) in [5.41, 5.74) is 2.47. The molecule has 16 heavy (non-hydrogen) atoms. The van der Waals surface area contributed by atoms with Crippen molar-refractivity contribution in [3.63, 3.8) is 0 Å². The molecule has 2 nitrogen and oxygen atoms in total. The maximum absolute atomic E-state index is 5.77. The highest BCUT2D eigenvalue weighted by atomic mass is 35.5. The number of hydrogen-bond acceptors (Lipinski definition) is 2. The molecule has 0 radical (unpaired) electrons. The Bertz CT molecular complexity index is 317. The van der Waals surface area contributed by atoms with E-state index in [1.807, 2.05) is 0 Å². The van der Waals surface area contributed by atoms with Gasteiger partial charge in [-0.15, -0.1) is 11.6 Å². The van der Waals surface area contributed by atoms with Crippen molar-refractivity contribution in [1.29, 1.82) is 0 Å². The summed E-state index contributed by atoms with van der Waals surface area (Å²) in [6, 6.07) is 8.52. The van der Waals surface area contributed by atoms with Gasteiger partial charge < -0.3 is 9.64 Å². The predicted octanol–water partition coefficient (Wildman–Crippen LogP) is 3.04. The lowest BCUT2D eigenvalue weighted by Crippen LogP contribution is -2.36. The number of hydrogen-bond donors (Lipinski definition) is 0. The Hall–Kier alpha value is -0.730. The Morgan fingerprint density at radius 3 is 2.38 bits per heavy atom. The lowest BCUT2D eigenvalue weighted by Gasteiger charge is -2.33. The Morgan fingerprint density at radius 2 is 1.88 bits per heavy atom. The standard InChI is InChI=1S/C13H18ClNO/c1-16-13-6-8-15(9-7-13)12-4-2-11(10-14)3-5-12/h2-5,13H,6-10H2,1H3. The van der Waals surface area contributed by atoms with Gasteiger partial charge in [0, 0.05) is 31.8 Å². The second-order valence-corrected chi connectivity index (χ2v) is 4.49. The summed E-state index contributed by atoms with van der Waals surface area (Å²) >= 11 is 5.77. The molecule has 0 bridgehead atoms. The number of halogens is 1. The first-order valence-electron chi connectivity index (χ1n) is 5.76. The number of piperidine rings is 1. The SMILES string of the molecule is COC1CCN(c2ccc(CCl)cc2)CC1. The third kappa shape index (κ3) is 2.69. The van der Waals surface area contributed by atoms with Gasteiger partial charge in [-0.1, -0.05) is 12.1 Å². The summed E-state index contributed by atoms with van der Waals surface area (Å²) in [4.78, 5) is 2.41. The van der Waals surface area contributed by atoms with E-state index < -0.39 is 0 Å². The summed E-state index contributed by atoms with van der Waals surface area (Å²) in [7, 11) is 1.80. The number of benzene rings is 1. The van der Waals surface area contributed by atoms with Crippen molar-refractivity contribution in [3.05, 3.63) is 29.8 Å². The summed E-state index contributed by atoms with van der Waals surface area (Å²) in [5.74, 6) is 0.589. The minimum atomic E-state index is 0.443. The zero-order chi connectivity index (χ0) is 11.4. The Morgan fingerprint density at radius 1 is 1.25 bits per heavy atom. The van der Waals surface area contributed by atoms with Gasteiger partial charge in [0.15, 0.2) is 0 Å². The highest BCUT2D eigenvalue weighted by molar-refractivity contribution is 6.17. The number of nitrogens with zero attached hydrogens (tertiary/aromatic N) is 1. The van der Waals surface area contributed by atoms with Crippen LogP contribution in [0.5, 0.6) is 0 Å². The average Bonchev–Trinajstić information content (AvgIpc) is 2.39. The third-order valence-corrected chi connectivity index (χ3v) is 3.54. The van der Waals surface area contributed by atoms with Crippen molar-refractivity contribution < 1.29 is 4.74 Å². The van der Waals surface area contributed by atoms with Gasteiger partial charge in [-0.25, -0.2) is 0 Å². The number of ether oxygens (including phenoxy) is 1. The van der Waals surface area contributed by atoms with E-state index in [2.05, 4.69) is 29.2 Å². The molecule has 0 amide bonds. The molecule has 1 aromatic rings. The molecule has 0 spiro atoms. The lowest BCUT2D eigenvalue weighted by molar-refractivity contribution is 0.0819. The van der Waals surface area contributed by atoms with Crippen molar-refractivity contribution >= 4 is 17.3 Å². The van der Waals surface area contributed by atoms with Crippen molar-refractivity contribution in [2.24, 2.45) is 0 Å². The van der Waals surface area contributed by atoms with Crippen LogP contribution in [-0.2, 0) is 10.6 Å². The van der Waals surface area contributed by atoms with E-state index in [4.69, 9.17) is 16.3 Å². The molecule has 1 saturated heterocycles. The summed E-state index contributed by atoms with van der Waals surface area (Å²) in [5, 5.41) is 0. The first-order valence-corrected chi connectivity index (χ1v) is 6.29. The van der Waals surface area contributed by atoms with Gasteiger partial charge in [0.1, 0.15) is 0 Å². The maximum Gasteiger partial charge on any atom is 0.0605 e. The number of methoxy groups -OCH3 is 1. The van der Waals surface area contributed by atoms with E-state index in [1.54, 1.807) is 7.11 Å². The molecule has 0 saturated carbocycles. The fraction of sp³-hybridized carbons (Fsp3) is 0.538. The maximum atomic E-state index is 5.77. The van der Waals surface area contributed by atoms with Crippen LogP contribution in [0.4, 0.5) is 5.69 Å². The fourth-order valence-corrected chi connectivity index (χ4v) is 2.32. The van der Waals surface area contributed by atoms with Crippen molar-refractivity contribution in [2.75, 3.05) is 25.1 Å². The topological polar surface area (TPSA) is 12.5 Å². The lowest BCUT2D eigenvalue weighted by atomic mass is 10.1.